The molecule has 11 atom stereocenters. The number of aromatic hydroxyl groups is 1. The van der Waals surface area contributed by atoms with E-state index in [4.69, 9.17) is 34.4 Å². The van der Waals surface area contributed by atoms with Gasteiger partial charge in [-0.25, -0.2) is 4.79 Å². The first-order chi connectivity index (χ1) is 37.6. The fraction of sp³-hybridized carbons (Fsp3) is 0.667. The summed E-state index contributed by atoms with van der Waals surface area (Å²) in [6.07, 6.45) is -0.0494. The van der Waals surface area contributed by atoms with Crippen LogP contribution in [0.5, 0.6) is 5.75 Å². The van der Waals surface area contributed by atoms with Gasteiger partial charge in [-0.15, -0.1) is 0 Å². The number of rotatable bonds is 38. The molecule has 0 aliphatic heterocycles. The number of nitrogens with zero attached hydrogens (tertiary/aromatic N) is 2. The van der Waals surface area contributed by atoms with Gasteiger partial charge in [0, 0.05) is 19.5 Å². The van der Waals surface area contributed by atoms with Gasteiger partial charge in [-0.3, -0.25) is 48.3 Å². The molecule has 0 radical (unpaired) electrons. The number of carboxylic acid groups (broad SMARTS) is 1. The number of phenolic OH excluding ortho intramolecular Hbond substituents is 1. The molecule has 8 amide bonds. The minimum Gasteiger partial charge on any atom is -0.508 e. The number of guanidine groups is 2. The van der Waals surface area contributed by atoms with Crippen LogP contribution >= 0.6 is 0 Å². The molecular formula is C51H90N16O13. The van der Waals surface area contributed by atoms with Crippen molar-refractivity contribution in [2.45, 2.75) is 173 Å². The number of aliphatic hydroxyl groups excluding tert-OH is 2. The molecule has 0 heterocycles. The topological polar surface area (TPSA) is 512 Å². The monoisotopic (exact) mass is 1130 g/mol. The molecule has 0 fully saturated rings. The lowest BCUT2D eigenvalue weighted by Crippen LogP contribution is -2.62. The standard InChI is InChI=1S/C51H90N16O13/c1-8-28(6)40(67-46(76)38(53)29(7)69)48(78)65-37(25-68)45(75)64-36(24-30-16-18-31(70)19-17-30)44(74)63-35(23-26(2)3)43(73)60-33(15-12-22-59-51(56)57)42(72)66-39(27(4)5)47(77)61-32(14-11-21-58-50(54)55)41(71)62-34(49(79)80)13-9-10-20-52/h16-19,26-29,32-40,68-70H,8-15,20-25,52-53H2,1-7H3,(H,60,73)(H,61,77)(H,62,71)(H,63,74)(H,64,75)(H,65,78)(H,66,72)(H,67,76)(H,79,80)(H4,54,55,58)(H4,56,57,59)/t28-,29+,32-,33-,34-,35-,36-,37-,38-,39-,40-/m0/s1. The molecule has 0 spiro atoms. The summed E-state index contributed by atoms with van der Waals surface area (Å²) in [5.41, 5.74) is 33.8. The van der Waals surface area contributed by atoms with Gasteiger partial charge < -0.3 is 97.4 Å². The van der Waals surface area contributed by atoms with Crippen LogP contribution in [0.3, 0.4) is 0 Å². The van der Waals surface area contributed by atoms with E-state index in [1.165, 1.54) is 31.2 Å². The van der Waals surface area contributed by atoms with Crippen molar-refractivity contribution in [3.63, 3.8) is 0 Å². The van der Waals surface area contributed by atoms with E-state index in [-0.39, 0.29) is 81.6 Å². The van der Waals surface area contributed by atoms with Crippen LogP contribution in [0.25, 0.3) is 0 Å². The van der Waals surface area contributed by atoms with E-state index in [1.807, 2.05) is 0 Å². The normalized spacial score (nSPS) is 15.3. The van der Waals surface area contributed by atoms with Crippen molar-refractivity contribution in [1.82, 2.24) is 42.5 Å². The van der Waals surface area contributed by atoms with Crippen molar-refractivity contribution < 1.29 is 63.6 Å². The van der Waals surface area contributed by atoms with E-state index < -0.39 is 132 Å². The van der Waals surface area contributed by atoms with E-state index in [1.54, 1.807) is 41.5 Å². The lowest BCUT2D eigenvalue weighted by molar-refractivity contribution is -0.142. The third-order valence-corrected chi connectivity index (χ3v) is 12.7. The molecule has 0 saturated heterocycles. The molecule has 29 nitrogen and oxygen atoms in total. The van der Waals surface area contributed by atoms with Crippen LogP contribution in [-0.4, -0.2) is 172 Å². The van der Waals surface area contributed by atoms with E-state index in [0.29, 0.717) is 31.4 Å². The Kier molecular flexibility index (Phi) is 32.4. The smallest absolute Gasteiger partial charge is 0.326 e. The number of nitrogens with two attached hydrogens (primary N) is 6. The number of carbonyl (C=O) groups is 9. The Bertz CT molecular complexity index is 2230. The molecule has 0 saturated carbocycles. The number of unbranched alkanes of at least 4 members (excludes halogenated alkanes) is 1. The van der Waals surface area contributed by atoms with Crippen LogP contribution in [0.1, 0.15) is 112 Å². The predicted molar refractivity (Wildman–Crippen MR) is 298 cm³/mol. The number of aliphatic hydroxyl groups is 2. The molecule has 24 N–H and O–H groups in total. The number of carbonyl (C=O) groups excluding carboxylic acids is 8. The molecule has 0 aromatic heterocycles. The minimum atomic E-state index is -1.68. The molecule has 1 rings (SSSR count). The molecule has 0 aliphatic rings. The molecule has 452 valence electrons. The highest BCUT2D eigenvalue weighted by molar-refractivity contribution is 5.98. The van der Waals surface area contributed by atoms with Crippen LogP contribution in [0.4, 0.5) is 0 Å². The summed E-state index contributed by atoms with van der Waals surface area (Å²) in [6.45, 7) is 10.8. The minimum absolute atomic E-state index is 0.0143. The van der Waals surface area contributed by atoms with Gasteiger partial charge in [0.15, 0.2) is 11.9 Å². The van der Waals surface area contributed by atoms with Crippen molar-refractivity contribution in [2.75, 3.05) is 26.2 Å². The number of phenols is 1. The fourth-order valence-electron chi connectivity index (χ4n) is 7.84. The highest BCUT2D eigenvalue weighted by Crippen LogP contribution is 2.15. The SMILES string of the molecule is CC[C@H](C)[C@H](NC(=O)[C@@H](N)[C@@H](C)O)C(=O)N[C@@H](CO)C(=O)N[C@@H](Cc1ccc(O)cc1)C(=O)N[C@@H](CC(C)C)C(=O)N[C@@H](CCCN=C(N)N)C(=O)N[C@H](C(=O)N[C@@H](CCCN=C(N)N)C(=O)N[C@@H](CCCCN)C(=O)O)C(C)C. The number of nitrogens with one attached hydrogen (secondary N) is 8. The van der Waals surface area contributed by atoms with Crippen LogP contribution in [0.2, 0.25) is 0 Å². The molecule has 1 aromatic rings. The van der Waals surface area contributed by atoms with Crippen LogP contribution in [0.15, 0.2) is 34.3 Å². The zero-order valence-electron chi connectivity index (χ0n) is 47.0. The number of benzene rings is 1. The van der Waals surface area contributed by atoms with Gasteiger partial charge >= 0.3 is 5.97 Å². The van der Waals surface area contributed by atoms with Gasteiger partial charge in [0.2, 0.25) is 47.3 Å². The number of aliphatic imine (C=N–C) groups is 2. The van der Waals surface area contributed by atoms with Gasteiger partial charge in [0.1, 0.15) is 60.1 Å². The molecular weight excluding hydrogens is 1040 g/mol. The first-order valence-corrected chi connectivity index (χ1v) is 26.9. The lowest BCUT2D eigenvalue weighted by atomic mass is 9.97. The van der Waals surface area contributed by atoms with Gasteiger partial charge in [-0.1, -0.05) is 60.1 Å². The van der Waals surface area contributed by atoms with Crippen molar-refractivity contribution in [3.8, 4) is 5.75 Å². The highest BCUT2D eigenvalue weighted by Gasteiger charge is 2.37. The molecule has 0 aliphatic carbocycles. The maximum absolute atomic E-state index is 14.4. The average molecular weight is 1140 g/mol. The molecule has 80 heavy (non-hydrogen) atoms. The zero-order valence-corrected chi connectivity index (χ0v) is 47.0. The number of hydrogen-bond donors (Lipinski definition) is 18. The fourth-order valence-corrected chi connectivity index (χ4v) is 7.84. The molecule has 0 unspecified atom stereocenters. The Morgan fingerprint density at radius 1 is 0.550 bits per heavy atom. The average Bonchev–Trinajstić information content (AvgIpc) is 3.39. The third-order valence-electron chi connectivity index (χ3n) is 12.7. The van der Waals surface area contributed by atoms with E-state index in [0.717, 1.165) is 0 Å². The Hall–Kier alpha value is -7.37. The van der Waals surface area contributed by atoms with Crippen LogP contribution < -0.4 is 76.9 Å². The van der Waals surface area contributed by atoms with Gasteiger partial charge in [-0.05, 0) is 100 Å². The zero-order chi connectivity index (χ0) is 60.8. The third kappa shape index (κ3) is 26.5. The van der Waals surface area contributed by atoms with E-state index in [2.05, 4.69) is 52.5 Å². The summed E-state index contributed by atoms with van der Waals surface area (Å²) in [6, 6.07) is -6.98. The van der Waals surface area contributed by atoms with Crippen molar-refractivity contribution in [1.29, 1.82) is 0 Å². The lowest BCUT2D eigenvalue weighted by Gasteiger charge is -2.29. The van der Waals surface area contributed by atoms with Crippen LogP contribution in [-0.2, 0) is 49.6 Å². The van der Waals surface area contributed by atoms with Crippen molar-refractivity contribution >= 4 is 65.1 Å². The number of amides is 8. The summed E-state index contributed by atoms with van der Waals surface area (Å²) in [5, 5.41) is 60.6. The van der Waals surface area contributed by atoms with Gasteiger partial charge in [0.05, 0.1) is 12.7 Å². The Balaban J connectivity index is 3.64. The quantitative estimate of drug-likeness (QED) is 0.0169. The van der Waals surface area contributed by atoms with Crippen molar-refractivity contribution in [3.05, 3.63) is 29.8 Å². The summed E-state index contributed by atoms with van der Waals surface area (Å²) in [4.78, 5) is 131. The number of carboxylic acids is 1. The largest absolute Gasteiger partial charge is 0.508 e. The van der Waals surface area contributed by atoms with Crippen LogP contribution in [0, 0.1) is 17.8 Å². The Labute approximate surface area is 467 Å². The van der Waals surface area contributed by atoms with Crippen molar-refractivity contribution in [2.24, 2.45) is 62.1 Å². The van der Waals surface area contributed by atoms with E-state index in [9.17, 15) is 63.6 Å². The Morgan fingerprint density at radius 2 is 0.975 bits per heavy atom. The Morgan fingerprint density at radius 3 is 1.45 bits per heavy atom. The van der Waals surface area contributed by atoms with Gasteiger partial charge in [-0.2, -0.15) is 0 Å². The summed E-state index contributed by atoms with van der Waals surface area (Å²) < 4.78 is 0. The molecule has 0 bridgehead atoms. The predicted octanol–water partition coefficient (Wildman–Crippen LogP) is -4.42. The molecule has 29 heteroatoms. The second-order valence-corrected chi connectivity index (χ2v) is 20.4. The van der Waals surface area contributed by atoms with Gasteiger partial charge in [0.25, 0.3) is 0 Å². The second-order valence-electron chi connectivity index (χ2n) is 20.4. The second kappa shape index (κ2) is 36.7. The number of aliphatic carboxylic acids is 1. The summed E-state index contributed by atoms with van der Waals surface area (Å²) in [7, 11) is 0. The maximum atomic E-state index is 14.4. The van der Waals surface area contributed by atoms with E-state index >= 15 is 0 Å². The summed E-state index contributed by atoms with van der Waals surface area (Å²) in [5.74, 6) is -10.3. The number of hydrogen-bond acceptors (Lipinski definition) is 16. The maximum Gasteiger partial charge on any atom is 0.326 e. The summed E-state index contributed by atoms with van der Waals surface area (Å²) >= 11 is 0. The first kappa shape index (κ1) is 70.6. The molecule has 1 aromatic carbocycles. The first-order valence-electron chi connectivity index (χ1n) is 26.9. The highest BCUT2D eigenvalue weighted by atomic mass is 16.4.